The van der Waals surface area contributed by atoms with E-state index in [-0.39, 0.29) is 12.3 Å². The summed E-state index contributed by atoms with van der Waals surface area (Å²) < 4.78 is 5.80. The van der Waals surface area contributed by atoms with Gasteiger partial charge in [-0.1, -0.05) is 60.7 Å². The van der Waals surface area contributed by atoms with Crippen LogP contribution in [-0.2, 0) is 16.0 Å². The normalized spacial score (nSPS) is 15.3. The molecule has 0 saturated carbocycles. The van der Waals surface area contributed by atoms with Crippen molar-refractivity contribution in [1.82, 2.24) is 16.3 Å². The number of amidine groups is 1. The maximum atomic E-state index is 12.3. The molecule has 0 aromatic heterocycles. The van der Waals surface area contributed by atoms with Crippen molar-refractivity contribution in [2.45, 2.75) is 18.9 Å². The minimum atomic E-state index is -0.817. The van der Waals surface area contributed by atoms with Gasteiger partial charge >= 0.3 is 0 Å². The van der Waals surface area contributed by atoms with Crippen molar-refractivity contribution in [3.8, 4) is 11.5 Å². The minimum Gasteiger partial charge on any atom is -0.457 e. The maximum Gasteiger partial charge on any atom is 0.263 e. The summed E-state index contributed by atoms with van der Waals surface area (Å²) in [7, 11) is 0. The molecule has 1 atom stereocenters. The van der Waals surface area contributed by atoms with Crippen LogP contribution in [0.1, 0.15) is 17.5 Å². The molecular formula is C25H23N5O3. The van der Waals surface area contributed by atoms with Gasteiger partial charge in [0.25, 0.3) is 5.91 Å². The van der Waals surface area contributed by atoms with Gasteiger partial charge in [-0.2, -0.15) is 5.10 Å². The number of ether oxygens (including phenoxy) is 1. The molecule has 1 heterocycles. The molecule has 0 radical (unpaired) electrons. The Morgan fingerprint density at radius 3 is 2.48 bits per heavy atom. The number of hydrazine groups is 1. The predicted molar refractivity (Wildman–Crippen MR) is 126 cm³/mol. The Hall–Kier alpha value is -4.46. The average molecular weight is 441 g/mol. The molecule has 0 aliphatic carbocycles. The molecule has 166 valence electrons. The zero-order valence-electron chi connectivity index (χ0n) is 17.8. The van der Waals surface area contributed by atoms with Gasteiger partial charge in [0.2, 0.25) is 5.91 Å². The number of nitrogens with one attached hydrogen (secondary N) is 3. The van der Waals surface area contributed by atoms with Gasteiger partial charge in [-0.15, -0.1) is 0 Å². The van der Waals surface area contributed by atoms with E-state index >= 15 is 0 Å². The Kier molecular flexibility index (Phi) is 7.07. The van der Waals surface area contributed by atoms with Crippen molar-refractivity contribution in [1.29, 1.82) is 0 Å². The largest absolute Gasteiger partial charge is 0.457 e. The van der Waals surface area contributed by atoms with Gasteiger partial charge in [0.05, 0.1) is 12.6 Å². The fourth-order valence-corrected chi connectivity index (χ4v) is 3.20. The number of hydrazone groups is 1. The monoisotopic (exact) mass is 441 g/mol. The molecule has 3 N–H and O–H groups in total. The number of benzene rings is 3. The van der Waals surface area contributed by atoms with Crippen molar-refractivity contribution in [3.63, 3.8) is 0 Å². The Morgan fingerprint density at radius 2 is 1.70 bits per heavy atom. The number of nitrogens with zero attached hydrogens (tertiary/aromatic N) is 2. The second-order valence-electron chi connectivity index (χ2n) is 7.35. The van der Waals surface area contributed by atoms with Gasteiger partial charge < -0.3 is 4.74 Å². The van der Waals surface area contributed by atoms with Crippen molar-refractivity contribution < 1.29 is 14.3 Å². The number of carbonyl (C=O) groups is 2. The van der Waals surface area contributed by atoms with Crippen molar-refractivity contribution in [2.75, 3.05) is 0 Å². The highest BCUT2D eigenvalue weighted by Gasteiger charge is 2.25. The molecule has 8 heteroatoms. The van der Waals surface area contributed by atoms with Crippen molar-refractivity contribution >= 4 is 23.9 Å². The van der Waals surface area contributed by atoms with Crippen molar-refractivity contribution in [3.05, 3.63) is 96.1 Å². The summed E-state index contributed by atoms with van der Waals surface area (Å²) in [4.78, 5) is 28.8. The summed E-state index contributed by atoms with van der Waals surface area (Å²) >= 11 is 0. The fraction of sp³-hybridized carbons (Fsp3) is 0.120. The lowest BCUT2D eigenvalue weighted by atomic mass is 10.1. The van der Waals surface area contributed by atoms with Crippen LogP contribution in [0.2, 0.25) is 0 Å². The number of carbonyl (C=O) groups excluding carboxylic acids is 2. The first-order chi connectivity index (χ1) is 16.2. The van der Waals surface area contributed by atoms with E-state index in [4.69, 9.17) is 4.74 Å². The lowest BCUT2D eigenvalue weighted by Crippen LogP contribution is -2.52. The van der Waals surface area contributed by atoms with E-state index in [0.717, 1.165) is 16.9 Å². The van der Waals surface area contributed by atoms with Gasteiger partial charge in [-0.25, -0.2) is 5.43 Å². The van der Waals surface area contributed by atoms with Crippen LogP contribution in [-0.4, -0.2) is 29.9 Å². The van der Waals surface area contributed by atoms with E-state index < -0.39 is 11.9 Å². The van der Waals surface area contributed by atoms with E-state index in [0.29, 0.717) is 18.0 Å². The highest BCUT2D eigenvalue weighted by atomic mass is 16.5. The van der Waals surface area contributed by atoms with Gasteiger partial charge in [0.1, 0.15) is 23.4 Å². The molecule has 1 aliphatic heterocycles. The van der Waals surface area contributed by atoms with E-state index in [2.05, 4.69) is 26.4 Å². The molecule has 3 aromatic carbocycles. The predicted octanol–water partition coefficient (Wildman–Crippen LogP) is 2.96. The molecule has 0 unspecified atom stereocenters. The Balaban J connectivity index is 1.31. The smallest absolute Gasteiger partial charge is 0.263 e. The molecule has 0 fully saturated rings. The zero-order valence-corrected chi connectivity index (χ0v) is 17.8. The number of para-hydroxylation sites is 1. The molecule has 2 amide bonds. The molecule has 4 rings (SSSR count). The Labute approximate surface area is 191 Å². The Morgan fingerprint density at radius 1 is 0.970 bits per heavy atom. The number of hydrogen-bond acceptors (Lipinski definition) is 6. The Bertz CT molecular complexity index is 1160. The molecule has 0 saturated heterocycles. The van der Waals surface area contributed by atoms with Gasteiger partial charge in [-0.3, -0.25) is 25.4 Å². The van der Waals surface area contributed by atoms with Crippen LogP contribution in [0, 0.1) is 0 Å². The third-order valence-electron chi connectivity index (χ3n) is 4.78. The third kappa shape index (κ3) is 6.51. The number of hydrogen-bond donors (Lipinski definition) is 3. The van der Waals surface area contributed by atoms with Gasteiger partial charge in [-0.05, 0) is 35.4 Å². The molecule has 1 aliphatic rings. The summed E-state index contributed by atoms with van der Waals surface area (Å²) in [5.74, 6) is 1.21. The van der Waals surface area contributed by atoms with Crippen LogP contribution in [0.5, 0.6) is 11.5 Å². The first-order valence-corrected chi connectivity index (χ1v) is 10.5. The molecule has 3 aromatic rings. The molecule has 0 bridgehead atoms. The lowest BCUT2D eigenvalue weighted by Gasteiger charge is -2.21. The van der Waals surface area contributed by atoms with Crippen LogP contribution < -0.4 is 21.0 Å². The first kappa shape index (κ1) is 21.8. The molecule has 33 heavy (non-hydrogen) atoms. The standard InChI is InChI=1S/C25H23N5O3/c31-24(16-22-25(32)30-28-23(27-22)15-18-8-3-1-4-9-18)29-26-17-19-10-7-13-21(14-19)33-20-11-5-2-6-12-20/h1-14,17,22H,15-16H2,(H,27,28)(H,29,31)(H,30,32)/b26-17-/t22-/m0/s1. The quantitative estimate of drug-likeness (QED) is 0.369. The lowest BCUT2D eigenvalue weighted by molar-refractivity contribution is -0.128. The summed E-state index contributed by atoms with van der Waals surface area (Å²) in [5.41, 5.74) is 9.61. The summed E-state index contributed by atoms with van der Waals surface area (Å²) in [5, 5.41) is 3.99. The number of aliphatic imine (C=N–C) groups is 1. The first-order valence-electron chi connectivity index (χ1n) is 10.5. The minimum absolute atomic E-state index is 0.111. The highest BCUT2D eigenvalue weighted by molar-refractivity contribution is 5.96. The second kappa shape index (κ2) is 10.7. The van der Waals surface area contributed by atoms with Crippen LogP contribution in [0.25, 0.3) is 0 Å². The molecular weight excluding hydrogens is 418 g/mol. The topological polar surface area (TPSA) is 104 Å². The van der Waals surface area contributed by atoms with Gasteiger partial charge in [0.15, 0.2) is 0 Å². The van der Waals surface area contributed by atoms with Crippen molar-refractivity contribution in [2.24, 2.45) is 10.1 Å². The van der Waals surface area contributed by atoms with Crippen LogP contribution in [0.4, 0.5) is 0 Å². The zero-order chi connectivity index (χ0) is 22.9. The van der Waals surface area contributed by atoms with Crippen LogP contribution >= 0.6 is 0 Å². The van der Waals surface area contributed by atoms with E-state index in [1.165, 1.54) is 6.21 Å². The average Bonchev–Trinajstić information content (AvgIpc) is 2.83. The summed E-state index contributed by atoms with van der Waals surface area (Å²) in [6, 6.07) is 25.7. The summed E-state index contributed by atoms with van der Waals surface area (Å²) in [6.45, 7) is 0. The fourth-order valence-electron chi connectivity index (χ4n) is 3.20. The van der Waals surface area contributed by atoms with E-state index in [1.54, 1.807) is 0 Å². The van der Waals surface area contributed by atoms with E-state index in [1.807, 2.05) is 84.9 Å². The molecule has 0 spiro atoms. The van der Waals surface area contributed by atoms with Crippen LogP contribution in [0.15, 0.2) is 95.0 Å². The van der Waals surface area contributed by atoms with E-state index in [9.17, 15) is 9.59 Å². The second-order valence-corrected chi connectivity index (χ2v) is 7.35. The third-order valence-corrected chi connectivity index (χ3v) is 4.78. The highest BCUT2D eigenvalue weighted by Crippen LogP contribution is 2.21. The van der Waals surface area contributed by atoms with Crippen LogP contribution in [0.3, 0.4) is 0 Å². The summed E-state index contributed by atoms with van der Waals surface area (Å²) in [6.07, 6.45) is 1.93. The SMILES string of the molecule is O=C(C[C@@H]1N=C(Cc2ccccc2)NNC1=O)N/N=C\c1cccc(Oc2ccccc2)c1. The maximum absolute atomic E-state index is 12.3. The number of rotatable bonds is 8. The number of amides is 2. The van der Waals surface area contributed by atoms with Gasteiger partial charge in [0, 0.05) is 6.42 Å². The molecule has 8 nitrogen and oxygen atoms in total.